The summed E-state index contributed by atoms with van der Waals surface area (Å²) < 4.78 is 0. The van der Waals surface area contributed by atoms with Crippen LogP contribution in [-0.2, 0) is 0 Å². The first-order valence-corrected chi connectivity index (χ1v) is 0. The molecule has 0 amide bonds. The van der Waals surface area contributed by atoms with Crippen LogP contribution in [0.5, 0.6) is 0 Å². The molecule has 0 aliphatic rings. The van der Waals surface area contributed by atoms with Crippen molar-refractivity contribution >= 4 is 23.1 Å². The van der Waals surface area contributed by atoms with Crippen LogP contribution in [0.1, 0.15) is 0 Å². The van der Waals surface area contributed by atoms with Gasteiger partial charge in [-0.1, -0.05) is 0 Å². The fourth-order valence-corrected chi connectivity index (χ4v) is 0. The molecule has 0 aliphatic carbocycles. The second kappa shape index (κ2) is 15.7. The topological polar surface area (TPSA) is 0 Å². The summed E-state index contributed by atoms with van der Waals surface area (Å²) in [6.07, 6.45) is 0. The van der Waals surface area contributed by atoms with Crippen molar-refractivity contribution in [2.75, 3.05) is 0 Å². The van der Waals surface area contributed by atoms with Crippen LogP contribution in [-0.4, -0.2) is 23.1 Å². The van der Waals surface area contributed by atoms with E-state index in [0.29, 0.717) is 0 Å². The van der Waals surface area contributed by atoms with Gasteiger partial charge in [-0.2, -0.15) is 0 Å². The predicted octanol–water partition coefficient (Wildman–Crippen LogP) is -0.916. The monoisotopic (exact) mass is 478 g/mol. The maximum Gasteiger partial charge on any atom is 0.316 e. The molecule has 0 aromatic heterocycles. The average molecular weight is 478 g/mol. The third kappa shape index (κ3) is 9.91. The first-order valence-electron chi connectivity index (χ1n) is 0. The summed E-state index contributed by atoms with van der Waals surface area (Å²) >= 11 is 0. The van der Waals surface area contributed by atoms with Gasteiger partial charge in [-0.15, -0.1) is 0 Å². The summed E-state index contributed by atoms with van der Waals surface area (Å²) in [5, 5.41) is 0. The molecule has 0 bridgehead atoms. The van der Waals surface area contributed by atoms with E-state index in [-0.39, 0.29) is 144 Å². The zero-order valence-electron chi connectivity index (χ0n) is 1.26. The van der Waals surface area contributed by atoms with Crippen molar-refractivity contribution in [3.8, 4) is 0 Å². The van der Waals surface area contributed by atoms with E-state index in [1.165, 1.54) is 0 Å². The molecule has 0 N–H and O–H groups in total. The third-order valence-corrected chi connectivity index (χ3v) is 0. The zero-order chi connectivity index (χ0) is 0. The smallest absolute Gasteiger partial charge is 0 e. The van der Waals surface area contributed by atoms with Crippen LogP contribution in [0.25, 0.3) is 0 Å². The van der Waals surface area contributed by atoms with Crippen molar-refractivity contribution in [3.63, 3.8) is 0 Å². The van der Waals surface area contributed by atoms with Gasteiger partial charge in [0.1, 0.15) is 0 Å². The molecule has 0 atom stereocenters. The van der Waals surface area contributed by atoms with Crippen LogP contribution < -0.4 is 0 Å². The van der Waals surface area contributed by atoms with Crippen molar-refractivity contribution in [3.05, 3.63) is 0 Å². The maximum absolute atomic E-state index is 0. The van der Waals surface area contributed by atoms with Gasteiger partial charge in [-0.05, 0) is 0 Å². The summed E-state index contributed by atoms with van der Waals surface area (Å²) in [6, 6.07) is 0. The summed E-state index contributed by atoms with van der Waals surface area (Å²) in [6.45, 7) is 0. The SMILES string of the molecule is [Gd].[MgH2].[Nd].[Sm]. The van der Waals surface area contributed by atoms with Crippen LogP contribution >= 0.6 is 0 Å². The molecule has 0 spiro atoms. The third-order valence-electron chi connectivity index (χ3n) is 0. The van der Waals surface area contributed by atoms with Crippen molar-refractivity contribution in [1.29, 1.82) is 0 Å². The Morgan fingerprint density at radius 3 is 1.00 bits per heavy atom. The van der Waals surface area contributed by atoms with Gasteiger partial charge in [-0.3, -0.25) is 0 Å². The molecule has 0 nitrogen and oxygen atoms in total. The second-order valence-corrected chi connectivity index (χ2v) is 0. The normalized spacial score (nSPS) is 0. The Morgan fingerprint density at radius 1 is 1.00 bits per heavy atom. The van der Waals surface area contributed by atoms with Gasteiger partial charge in [0, 0.05) is 121 Å². The Hall–Kier alpha value is 4.78. The molecule has 0 radical (unpaired) electrons. The van der Waals surface area contributed by atoms with Gasteiger partial charge in [0.05, 0.1) is 0 Å². The minimum absolute atomic E-state index is 0. The first-order chi connectivity index (χ1) is 0. The van der Waals surface area contributed by atoms with E-state index in [4.69, 9.17) is 0 Å². The van der Waals surface area contributed by atoms with E-state index >= 15 is 0 Å². The minimum Gasteiger partial charge on any atom is 0 e. The Morgan fingerprint density at radius 2 is 1.00 bits per heavy atom. The number of hydrogen-bond donors (Lipinski definition) is 0. The van der Waals surface area contributed by atoms with Crippen molar-refractivity contribution < 1.29 is 121 Å². The van der Waals surface area contributed by atoms with Gasteiger partial charge in [0.15, 0.2) is 0 Å². The van der Waals surface area contributed by atoms with E-state index in [0.717, 1.165) is 0 Å². The molecule has 0 aromatic carbocycles. The Balaban J connectivity index is 0. The summed E-state index contributed by atoms with van der Waals surface area (Å²) in [5.41, 5.74) is 0. The van der Waals surface area contributed by atoms with Gasteiger partial charge < -0.3 is 0 Å². The Bertz CT molecular complexity index is 8.00. The average Bonchev–Trinajstić information content (AvgIpc) is 0. The van der Waals surface area contributed by atoms with E-state index in [2.05, 4.69) is 0 Å². The van der Waals surface area contributed by atoms with Crippen molar-refractivity contribution in [1.82, 2.24) is 0 Å². The maximum atomic E-state index is 0. The molecular weight excluding hydrogens is 476 g/mol. The molecule has 0 heterocycles. The molecule has 0 fully saturated rings. The molecular formula is H2GdMgNdSm. The standard InChI is InChI=1S/Gd.Mg.Nd.Sm.2H. The number of hydrogen-bond acceptors (Lipinski definition) is 0. The second-order valence-electron chi connectivity index (χ2n) is 0. The summed E-state index contributed by atoms with van der Waals surface area (Å²) in [4.78, 5) is 0. The quantitative estimate of drug-likeness (QED) is 0.396. The van der Waals surface area contributed by atoms with E-state index in [1.807, 2.05) is 0 Å². The molecule has 0 rings (SSSR count). The largest absolute Gasteiger partial charge is 0.316 e. The van der Waals surface area contributed by atoms with Crippen molar-refractivity contribution in [2.24, 2.45) is 0 Å². The zero-order valence-corrected chi connectivity index (χ0v) is 9.36. The molecule has 0 unspecified atom stereocenters. The molecule has 4 heteroatoms. The van der Waals surface area contributed by atoms with Crippen LogP contribution in [0, 0.1) is 121 Å². The van der Waals surface area contributed by atoms with E-state index < -0.39 is 0 Å². The minimum atomic E-state index is 0. The van der Waals surface area contributed by atoms with E-state index in [9.17, 15) is 0 Å². The predicted molar refractivity (Wildman–Crippen MR) is 8.54 cm³/mol. The fraction of sp³-hybridized carbons (Fsp3) is 0. The Kier molecular flexibility index (Phi) is 91.0. The van der Waals surface area contributed by atoms with Crippen LogP contribution in [0.4, 0.5) is 0 Å². The first kappa shape index (κ1) is 23.3. The number of rotatable bonds is 0. The van der Waals surface area contributed by atoms with Crippen LogP contribution in [0.2, 0.25) is 0 Å². The van der Waals surface area contributed by atoms with Gasteiger partial charge >= 0.3 is 23.1 Å². The van der Waals surface area contributed by atoms with Gasteiger partial charge in [0.2, 0.25) is 0 Å². The molecule has 4 heavy (non-hydrogen) atoms. The molecule has 0 aromatic rings. The fourth-order valence-electron chi connectivity index (χ4n) is 0. The van der Waals surface area contributed by atoms with E-state index in [1.54, 1.807) is 0 Å². The molecule has 22 valence electrons. The van der Waals surface area contributed by atoms with Crippen molar-refractivity contribution in [2.45, 2.75) is 0 Å². The van der Waals surface area contributed by atoms with Gasteiger partial charge in [0.25, 0.3) is 0 Å². The molecule has 0 saturated heterocycles. The van der Waals surface area contributed by atoms with Crippen LogP contribution in [0.15, 0.2) is 0 Å². The molecule has 0 aliphatic heterocycles. The molecule has 0 saturated carbocycles. The van der Waals surface area contributed by atoms with Gasteiger partial charge in [-0.25, -0.2) is 0 Å². The summed E-state index contributed by atoms with van der Waals surface area (Å²) in [7, 11) is 0. The summed E-state index contributed by atoms with van der Waals surface area (Å²) in [5.74, 6) is 0. The van der Waals surface area contributed by atoms with Crippen LogP contribution in [0.3, 0.4) is 0 Å². The Labute approximate surface area is 139 Å².